The van der Waals surface area contributed by atoms with Gasteiger partial charge in [0, 0.05) is 24.7 Å². The molecule has 14 heteroatoms. The zero-order valence-electron chi connectivity index (χ0n) is 17.0. The van der Waals surface area contributed by atoms with Gasteiger partial charge in [-0.15, -0.1) is 0 Å². The highest BCUT2D eigenvalue weighted by atomic mass is 32.1. The van der Waals surface area contributed by atoms with Crippen molar-refractivity contribution in [3.8, 4) is 22.8 Å². The molecule has 2 aromatic rings. The summed E-state index contributed by atoms with van der Waals surface area (Å²) in [7, 11) is 2.98. The van der Waals surface area contributed by atoms with Crippen molar-refractivity contribution in [1.29, 1.82) is 0 Å². The van der Waals surface area contributed by atoms with E-state index in [4.69, 9.17) is 27.4 Å². The summed E-state index contributed by atoms with van der Waals surface area (Å²) < 4.78 is 48.7. The molecule has 0 saturated carbocycles. The molecule has 0 aliphatic rings. The number of nitrogens with one attached hydrogen (secondary N) is 2. The molecule has 0 unspecified atom stereocenters. The maximum atomic E-state index is 12.1. The van der Waals surface area contributed by atoms with E-state index < -0.39 is 23.7 Å². The largest absolute Gasteiger partial charge is 0.497 e. The van der Waals surface area contributed by atoms with Gasteiger partial charge in [0.25, 0.3) is 5.56 Å². The molecule has 4 N–H and O–H groups in total. The number of aromatic amines is 1. The summed E-state index contributed by atoms with van der Waals surface area (Å²) in [5.74, 6) is -1.94. The zero-order chi connectivity index (χ0) is 23.9. The van der Waals surface area contributed by atoms with Crippen LogP contribution in [-0.2, 0) is 16.2 Å². The van der Waals surface area contributed by atoms with Crippen molar-refractivity contribution in [3.05, 3.63) is 39.4 Å². The second-order valence-corrected chi connectivity index (χ2v) is 6.54. The number of hydrogen-bond acceptors (Lipinski definition) is 7. The van der Waals surface area contributed by atoms with E-state index >= 15 is 0 Å². The number of benzene rings is 1. The van der Waals surface area contributed by atoms with Crippen LogP contribution in [-0.4, -0.2) is 48.4 Å². The maximum absolute atomic E-state index is 12.1. The van der Waals surface area contributed by atoms with E-state index in [2.05, 4.69) is 14.8 Å². The van der Waals surface area contributed by atoms with E-state index in [1.807, 2.05) is 0 Å². The number of methoxy groups -OCH3 is 2. The molecule has 0 amide bonds. The van der Waals surface area contributed by atoms with E-state index in [0.29, 0.717) is 29.2 Å². The van der Waals surface area contributed by atoms with Gasteiger partial charge in [-0.05, 0) is 36.8 Å². The molecule has 0 fully saturated rings. The van der Waals surface area contributed by atoms with Gasteiger partial charge >= 0.3 is 12.1 Å². The third-order valence-corrected chi connectivity index (χ3v) is 4.34. The highest BCUT2D eigenvalue weighted by Gasteiger charge is 2.41. The molecule has 0 aliphatic heterocycles. The summed E-state index contributed by atoms with van der Waals surface area (Å²) in [6.07, 6.45) is -4.83. The van der Waals surface area contributed by atoms with E-state index in [-0.39, 0.29) is 17.9 Å². The number of aromatic nitrogens is 2. The highest BCUT2D eigenvalue weighted by Crippen LogP contribution is 2.33. The molecule has 0 saturated heterocycles. The SMILES string of the molecule is COc1ccc(OC)c(-c2cc(=O)[nH]c(=S)n2CCCN=C(N)NOC(=O)C(F)(F)F)c1. The van der Waals surface area contributed by atoms with Crippen molar-refractivity contribution < 1.29 is 32.3 Å². The van der Waals surface area contributed by atoms with Gasteiger partial charge in [-0.1, -0.05) is 0 Å². The summed E-state index contributed by atoms with van der Waals surface area (Å²) in [6, 6.07) is 6.42. The first-order valence-electron chi connectivity index (χ1n) is 8.97. The number of halogens is 3. The lowest BCUT2D eigenvalue weighted by molar-refractivity contribution is -0.203. The number of nitrogens with two attached hydrogens (primary N) is 1. The Labute approximate surface area is 184 Å². The number of ether oxygens (including phenoxy) is 2. The van der Waals surface area contributed by atoms with Crippen LogP contribution in [0.1, 0.15) is 6.42 Å². The number of hydrogen-bond donors (Lipinski definition) is 3. The number of aliphatic imine (C=N–C) groups is 1. The topological polar surface area (TPSA) is 133 Å². The summed E-state index contributed by atoms with van der Waals surface area (Å²) in [6.45, 7) is 0.322. The van der Waals surface area contributed by atoms with Gasteiger partial charge in [0.15, 0.2) is 4.77 Å². The Morgan fingerprint density at radius 3 is 2.62 bits per heavy atom. The molecule has 1 heterocycles. The third kappa shape index (κ3) is 6.47. The first-order chi connectivity index (χ1) is 15.1. The summed E-state index contributed by atoms with van der Waals surface area (Å²) in [5.41, 5.74) is 7.61. The number of nitrogens with zero attached hydrogens (tertiary/aromatic N) is 2. The Bertz CT molecular complexity index is 1110. The predicted molar refractivity (Wildman–Crippen MR) is 111 cm³/mol. The van der Waals surface area contributed by atoms with Gasteiger partial charge in [0.2, 0.25) is 5.96 Å². The third-order valence-electron chi connectivity index (χ3n) is 4.02. The molecule has 1 aromatic heterocycles. The Balaban J connectivity index is 2.18. The highest BCUT2D eigenvalue weighted by molar-refractivity contribution is 7.71. The molecule has 0 radical (unpaired) electrons. The Hall–Kier alpha value is -3.55. The lowest BCUT2D eigenvalue weighted by Crippen LogP contribution is -2.38. The first kappa shape index (κ1) is 24.7. The van der Waals surface area contributed by atoms with Gasteiger partial charge in [-0.3, -0.25) is 14.8 Å². The quantitative estimate of drug-likeness (QED) is 0.182. The van der Waals surface area contributed by atoms with E-state index in [1.54, 1.807) is 28.2 Å². The predicted octanol–water partition coefficient (Wildman–Crippen LogP) is 1.90. The maximum Gasteiger partial charge on any atom is 0.493 e. The minimum absolute atomic E-state index is 0.0536. The fourth-order valence-corrected chi connectivity index (χ4v) is 2.89. The van der Waals surface area contributed by atoms with Crippen LogP contribution in [0.4, 0.5) is 13.2 Å². The van der Waals surface area contributed by atoms with E-state index in [1.165, 1.54) is 20.3 Å². The second kappa shape index (κ2) is 10.7. The molecule has 0 spiro atoms. The van der Waals surface area contributed by atoms with Crippen molar-refractivity contribution in [2.75, 3.05) is 20.8 Å². The minimum atomic E-state index is -5.16. The number of guanidine groups is 1. The molecule has 0 aliphatic carbocycles. The van der Waals surface area contributed by atoms with Crippen LogP contribution in [0.3, 0.4) is 0 Å². The van der Waals surface area contributed by atoms with Crippen LogP contribution < -0.4 is 26.2 Å². The van der Waals surface area contributed by atoms with Gasteiger partial charge in [-0.2, -0.15) is 18.7 Å². The normalized spacial score (nSPS) is 11.7. The fourth-order valence-electron chi connectivity index (χ4n) is 2.60. The van der Waals surface area contributed by atoms with Crippen molar-refractivity contribution in [1.82, 2.24) is 15.0 Å². The van der Waals surface area contributed by atoms with Crippen LogP contribution in [0.25, 0.3) is 11.3 Å². The van der Waals surface area contributed by atoms with Gasteiger partial charge in [0.05, 0.1) is 19.9 Å². The number of alkyl halides is 3. The number of carbonyl (C=O) groups is 1. The lowest BCUT2D eigenvalue weighted by atomic mass is 10.1. The Morgan fingerprint density at radius 2 is 2.00 bits per heavy atom. The molecule has 2 rings (SSSR count). The van der Waals surface area contributed by atoms with Gasteiger partial charge < -0.3 is 24.6 Å². The summed E-state index contributed by atoms with van der Waals surface area (Å²) in [5, 5.41) is 0. The number of carbonyl (C=O) groups excluding carboxylic acids is 1. The molecule has 32 heavy (non-hydrogen) atoms. The smallest absolute Gasteiger partial charge is 0.493 e. The summed E-state index contributed by atoms with van der Waals surface area (Å²) >= 11 is 5.27. The average Bonchev–Trinajstić information content (AvgIpc) is 2.74. The zero-order valence-corrected chi connectivity index (χ0v) is 17.8. The molecular weight excluding hydrogens is 455 g/mol. The van der Waals surface area contributed by atoms with Gasteiger partial charge in [-0.25, -0.2) is 4.79 Å². The first-order valence-corrected chi connectivity index (χ1v) is 9.38. The molecular formula is C18H20F3N5O5S. The van der Waals surface area contributed by atoms with Crippen molar-refractivity contribution in [2.24, 2.45) is 10.7 Å². The Kier molecular flexibility index (Phi) is 8.23. The molecule has 1 aromatic carbocycles. The molecule has 0 bridgehead atoms. The van der Waals surface area contributed by atoms with Gasteiger partial charge in [0.1, 0.15) is 11.5 Å². The Morgan fingerprint density at radius 1 is 1.28 bits per heavy atom. The van der Waals surface area contributed by atoms with E-state index in [9.17, 15) is 22.8 Å². The number of hydroxylamine groups is 1. The van der Waals surface area contributed by atoms with Crippen molar-refractivity contribution in [2.45, 2.75) is 19.1 Å². The number of rotatable bonds is 7. The fraction of sp³-hybridized carbons (Fsp3) is 0.333. The second-order valence-electron chi connectivity index (χ2n) is 6.15. The molecule has 0 atom stereocenters. The molecule has 174 valence electrons. The van der Waals surface area contributed by atoms with Crippen LogP contribution in [0.5, 0.6) is 11.5 Å². The standard InChI is InChI=1S/C18H20F3N5O5S/c1-29-10-4-5-13(30-2)11(8-10)12-9-14(27)24-17(32)26(12)7-3-6-23-16(22)25-31-15(28)18(19,20)21/h4-5,8-9H,3,6-7H2,1-2H3,(H3,22,23,25)(H,24,27,32). The lowest BCUT2D eigenvalue weighted by Gasteiger charge is -2.16. The van der Waals surface area contributed by atoms with Crippen LogP contribution in [0, 0.1) is 4.77 Å². The average molecular weight is 475 g/mol. The van der Waals surface area contributed by atoms with E-state index in [0.717, 1.165) is 0 Å². The molecule has 10 nitrogen and oxygen atoms in total. The van der Waals surface area contributed by atoms with Crippen LogP contribution in [0.15, 0.2) is 34.1 Å². The van der Waals surface area contributed by atoms with Crippen LogP contribution >= 0.6 is 12.2 Å². The summed E-state index contributed by atoms with van der Waals surface area (Å²) in [4.78, 5) is 32.8. The van der Waals surface area contributed by atoms with Crippen molar-refractivity contribution >= 4 is 24.1 Å². The van der Waals surface area contributed by atoms with Crippen molar-refractivity contribution in [3.63, 3.8) is 0 Å². The minimum Gasteiger partial charge on any atom is -0.497 e. The van der Waals surface area contributed by atoms with Crippen LogP contribution in [0.2, 0.25) is 0 Å². The number of H-pyrrole nitrogens is 1. The monoisotopic (exact) mass is 475 g/mol.